The third-order valence-corrected chi connectivity index (χ3v) is 9.37. The fourth-order valence-corrected chi connectivity index (χ4v) is 7.68. The number of nitrogens with one attached hydrogen (secondary N) is 3. The predicted octanol–water partition coefficient (Wildman–Crippen LogP) is 1.25. The highest BCUT2D eigenvalue weighted by atomic mass is 16.6. The monoisotopic (exact) mass is 480 g/mol. The van der Waals surface area contributed by atoms with Gasteiger partial charge in [0.15, 0.2) is 0 Å². The van der Waals surface area contributed by atoms with Crippen LogP contribution in [0, 0.1) is 23.7 Å². The average Bonchev–Trinajstić information content (AvgIpc) is 3.26. The van der Waals surface area contributed by atoms with Crippen LogP contribution in [0.4, 0.5) is 0 Å². The zero-order valence-electron chi connectivity index (χ0n) is 21.8. The standard InChI is InChI=1S/C26H48N4O4/c1-27-20-8-6-17-14-23(32-2)25(33-3)26(34-4)24(17)18-7-9-21(22(31)15-19(18)20)29-10-5-12-30-13-11-28-16-30/h17-21,23-29H,5-16H2,1-4H3. The molecule has 0 aromatic rings. The van der Waals surface area contributed by atoms with Crippen molar-refractivity contribution in [1.29, 1.82) is 0 Å². The SMILES string of the molecule is CNC1CCC2CC(OC)C(OC)C(OC)C2C2CCC(NCCCN3CCNC3)C(=O)CC12. The number of Topliss-reactive ketones (excluding diaryl/α,β-unsaturated/α-hetero) is 1. The maximum absolute atomic E-state index is 13.4. The van der Waals surface area contributed by atoms with E-state index in [9.17, 15) is 4.79 Å². The lowest BCUT2D eigenvalue weighted by Gasteiger charge is -2.48. The van der Waals surface area contributed by atoms with Crippen LogP contribution in [0.5, 0.6) is 0 Å². The quantitative estimate of drug-likeness (QED) is 0.425. The van der Waals surface area contributed by atoms with Gasteiger partial charge < -0.3 is 30.2 Å². The van der Waals surface area contributed by atoms with E-state index in [0.29, 0.717) is 41.9 Å². The van der Waals surface area contributed by atoms with Crippen molar-refractivity contribution in [2.75, 3.05) is 61.2 Å². The summed E-state index contributed by atoms with van der Waals surface area (Å²) in [6.07, 6.45) is 7.02. The molecule has 4 fully saturated rings. The van der Waals surface area contributed by atoms with Gasteiger partial charge in [-0.2, -0.15) is 0 Å². The fourth-order valence-electron chi connectivity index (χ4n) is 7.68. The van der Waals surface area contributed by atoms with Crippen molar-refractivity contribution >= 4 is 5.78 Å². The second-order valence-electron chi connectivity index (χ2n) is 10.9. The average molecular weight is 481 g/mol. The molecule has 0 radical (unpaired) electrons. The van der Waals surface area contributed by atoms with Gasteiger partial charge in [0.2, 0.25) is 0 Å². The van der Waals surface area contributed by atoms with E-state index in [4.69, 9.17) is 14.2 Å². The van der Waals surface area contributed by atoms with Crippen LogP contribution in [0.15, 0.2) is 0 Å². The highest BCUT2D eigenvalue weighted by Gasteiger charge is 2.53. The number of rotatable bonds is 9. The van der Waals surface area contributed by atoms with E-state index in [-0.39, 0.29) is 24.4 Å². The zero-order valence-corrected chi connectivity index (χ0v) is 21.8. The number of ether oxygens (including phenoxy) is 3. The van der Waals surface area contributed by atoms with E-state index in [0.717, 1.165) is 71.4 Å². The van der Waals surface area contributed by atoms with Crippen molar-refractivity contribution in [3.63, 3.8) is 0 Å². The lowest BCUT2D eigenvalue weighted by molar-refractivity contribution is -0.178. The molecule has 8 heteroatoms. The number of fused-ring (bicyclic) bond motifs is 3. The maximum atomic E-state index is 13.4. The Hall–Kier alpha value is -0.610. The molecule has 1 saturated heterocycles. The van der Waals surface area contributed by atoms with Crippen LogP contribution in [-0.4, -0.2) is 102 Å². The molecular formula is C26H48N4O4. The van der Waals surface area contributed by atoms with Crippen molar-refractivity contribution in [2.45, 2.75) is 75.3 Å². The fraction of sp³-hybridized carbons (Fsp3) is 0.962. The van der Waals surface area contributed by atoms with Gasteiger partial charge in [0.05, 0.1) is 18.2 Å². The van der Waals surface area contributed by atoms with Crippen LogP contribution in [0.25, 0.3) is 0 Å². The topological polar surface area (TPSA) is 84.1 Å². The molecule has 9 atom stereocenters. The Labute approximate surface area is 206 Å². The predicted molar refractivity (Wildman–Crippen MR) is 133 cm³/mol. The van der Waals surface area contributed by atoms with Gasteiger partial charge in [0, 0.05) is 60.1 Å². The Morgan fingerprint density at radius 3 is 2.53 bits per heavy atom. The van der Waals surface area contributed by atoms with Crippen LogP contribution in [0.3, 0.4) is 0 Å². The summed E-state index contributed by atoms with van der Waals surface area (Å²) in [6, 6.07) is 0.356. The van der Waals surface area contributed by atoms with E-state index < -0.39 is 0 Å². The molecule has 3 saturated carbocycles. The molecule has 0 aromatic carbocycles. The van der Waals surface area contributed by atoms with Gasteiger partial charge in [0.25, 0.3) is 0 Å². The van der Waals surface area contributed by atoms with E-state index in [1.165, 1.54) is 0 Å². The van der Waals surface area contributed by atoms with Crippen molar-refractivity contribution in [3.05, 3.63) is 0 Å². The first-order valence-corrected chi connectivity index (χ1v) is 13.6. The molecule has 4 aliphatic rings. The smallest absolute Gasteiger partial charge is 0.150 e. The van der Waals surface area contributed by atoms with Gasteiger partial charge in [-0.05, 0) is 75.8 Å². The van der Waals surface area contributed by atoms with Gasteiger partial charge in [0.1, 0.15) is 11.9 Å². The van der Waals surface area contributed by atoms with E-state index in [1.54, 1.807) is 14.2 Å². The summed E-state index contributed by atoms with van der Waals surface area (Å²) in [5, 5.41) is 10.6. The number of nitrogens with zero attached hydrogens (tertiary/aromatic N) is 1. The molecule has 4 rings (SSSR count). The Bertz CT molecular complexity index is 646. The van der Waals surface area contributed by atoms with Crippen LogP contribution in [-0.2, 0) is 19.0 Å². The third-order valence-electron chi connectivity index (χ3n) is 9.37. The van der Waals surface area contributed by atoms with Gasteiger partial charge in [-0.15, -0.1) is 0 Å². The Morgan fingerprint density at radius 1 is 1.03 bits per heavy atom. The number of carbonyl (C=O) groups excluding carboxylic acids is 1. The third kappa shape index (κ3) is 5.69. The molecule has 0 bridgehead atoms. The normalized spacial score (nSPS) is 41.5. The van der Waals surface area contributed by atoms with Crippen LogP contribution in [0.1, 0.15) is 44.9 Å². The Kier molecular flexibility index (Phi) is 9.78. The molecule has 0 spiro atoms. The highest BCUT2D eigenvalue weighted by Crippen LogP contribution is 2.50. The summed E-state index contributed by atoms with van der Waals surface area (Å²) in [4.78, 5) is 15.9. The first kappa shape index (κ1) is 26.5. The molecule has 0 aromatic heterocycles. The molecule has 34 heavy (non-hydrogen) atoms. The lowest BCUT2D eigenvalue weighted by Crippen LogP contribution is -2.55. The first-order valence-electron chi connectivity index (χ1n) is 13.6. The largest absolute Gasteiger partial charge is 0.379 e. The second kappa shape index (κ2) is 12.6. The van der Waals surface area contributed by atoms with Crippen molar-refractivity contribution < 1.29 is 19.0 Å². The minimum absolute atomic E-state index is 0.00508. The lowest BCUT2D eigenvalue weighted by atomic mass is 9.64. The molecule has 8 nitrogen and oxygen atoms in total. The second-order valence-corrected chi connectivity index (χ2v) is 10.9. The summed E-state index contributed by atoms with van der Waals surface area (Å²) in [5.41, 5.74) is 0. The summed E-state index contributed by atoms with van der Waals surface area (Å²) < 4.78 is 18.0. The first-order chi connectivity index (χ1) is 16.6. The van der Waals surface area contributed by atoms with Crippen LogP contribution in [0.2, 0.25) is 0 Å². The number of ketones is 1. The Morgan fingerprint density at radius 2 is 1.85 bits per heavy atom. The zero-order chi connectivity index (χ0) is 24.1. The van der Waals surface area contributed by atoms with Gasteiger partial charge >= 0.3 is 0 Å². The maximum Gasteiger partial charge on any atom is 0.150 e. The molecule has 9 unspecified atom stereocenters. The summed E-state index contributed by atoms with van der Waals surface area (Å²) in [7, 11) is 7.46. The molecule has 1 heterocycles. The summed E-state index contributed by atoms with van der Waals surface area (Å²) in [6.45, 7) is 5.21. The molecule has 0 amide bonds. The number of hydrogen-bond acceptors (Lipinski definition) is 8. The molecular weight excluding hydrogens is 432 g/mol. The molecule has 3 N–H and O–H groups in total. The van der Waals surface area contributed by atoms with E-state index in [2.05, 4.69) is 27.9 Å². The number of carbonyl (C=O) groups is 1. The van der Waals surface area contributed by atoms with Crippen molar-refractivity contribution in [3.8, 4) is 0 Å². The number of methoxy groups -OCH3 is 3. The molecule has 3 aliphatic carbocycles. The minimum Gasteiger partial charge on any atom is -0.379 e. The molecule has 196 valence electrons. The summed E-state index contributed by atoms with van der Waals surface area (Å²) >= 11 is 0. The van der Waals surface area contributed by atoms with Crippen molar-refractivity contribution in [2.24, 2.45) is 23.7 Å². The van der Waals surface area contributed by atoms with Gasteiger partial charge in [-0.3, -0.25) is 9.69 Å². The highest BCUT2D eigenvalue weighted by molar-refractivity contribution is 5.84. The van der Waals surface area contributed by atoms with Gasteiger partial charge in [-0.25, -0.2) is 0 Å². The minimum atomic E-state index is -0.0593. The van der Waals surface area contributed by atoms with Gasteiger partial charge in [-0.1, -0.05) is 0 Å². The number of hydrogen-bond donors (Lipinski definition) is 3. The summed E-state index contributed by atoms with van der Waals surface area (Å²) in [5.74, 6) is 2.15. The van der Waals surface area contributed by atoms with Crippen LogP contribution < -0.4 is 16.0 Å². The van der Waals surface area contributed by atoms with E-state index in [1.807, 2.05) is 7.11 Å². The molecule has 1 aliphatic heterocycles. The van der Waals surface area contributed by atoms with E-state index >= 15 is 0 Å². The van der Waals surface area contributed by atoms with Crippen molar-refractivity contribution in [1.82, 2.24) is 20.9 Å². The Balaban J connectivity index is 1.46. The van der Waals surface area contributed by atoms with Crippen LogP contribution >= 0.6 is 0 Å².